The molecule has 14 heteroatoms. The van der Waals surface area contributed by atoms with Crippen molar-refractivity contribution in [2.24, 2.45) is 0 Å². The van der Waals surface area contributed by atoms with Crippen LogP contribution in [-0.4, -0.2) is 86.5 Å². The third-order valence-corrected chi connectivity index (χ3v) is 8.12. The molecule has 2 aromatic carbocycles. The number of aliphatic hydroxyl groups is 3. The lowest BCUT2D eigenvalue weighted by Gasteiger charge is -2.45. The monoisotopic (exact) mass is 647 g/mol. The smallest absolute Gasteiger partial charge is 0.259 e. The summed E-state index contributed by atoms with van der Waals surface area (Å²) in [6.07, 6.45) is -3.14. The first-order chi connectivity index (χ1) is 20.1. The summed E-state index contributed by atoms with van der Waals surface area (Å²) in [5.74, 6) is -2.25. The van der Waals surface area contributed by atoms with E-state index in [1.165, 1.54) is 29.0 Å². The van der Waals surface area contributed by atoms with Crippen LogP contribution in [0.25, 0.3) is 11.3 Å². The molecule has 2 fully saturated rings. The number of nitrogens with zero attached hydrogens (tertiary/aromatic N) is 5. The Labute approximate surface area is 248 Å². The van der Waals surface area contributed by atoms with E-state index in [9.17, 15) is 34.2 Å². The van der Waals surface area contributed by atoms with Crippen molar-refractivity contribution in [3.8, 4) is 17.3 Å². The molecule has 42 heavy (non-hydrogen) atoms. The molecule has 0 spiro atoms. The molecule has 1 aliphatic heterocycles. The van der Waals surface area contributed by atoms with Crippen molar-refractivity contribution in [3.63, 3.8) is 0 Å². The van der Waals surface area contributed by atoms with Gasteiger partial charge in [0.25, 0.3) is 5.91 Å². The minimum atomic E-state index is -1.43. The summed E-state index contributed by atoms with van der Waals surface area (Å²) in [5.41, 5.74) is 0.821. The molecule has 1 saturated heterocycles. The quantitative estimate of drug-likeness (QED) is 0.351. The van der Waals surface area contributed by atoms with Crippen molar-refractivity contribution in [1.29, 1.82) is 5.26 Å². The van der Waals surface area contributed by atoms with E-state index in [1.54, 1.807) is 12.1 Å². The largest absolute Gasteiger partial charge is 0.394 e. The predicted molar refractivity (Wildman–Crippen MR) is 147 cm³/mol. The number of methoxy groups -OCH3 is 1. The fourth-order valence-electron chi connectivity index (χ4n) is 5.73. The Bertz CT molecular complexity index is 1480. The van der Waals surface area contributed by atoms with Gasteiger partial charge < -0.3 is 29.7 Å². The highest BCUT2D eigenvalue weighted by Crippen LogP contribution is 2.37. The fourth-order valence-corrected chi connectivity index (χ4v) is 6.22. The van der Waals surface area contributed by atoms with Gasteiger partial charge in [-0.05, 0) is 49.6 Å². The highest BCUT2D eigenvalue weighted by atomic mass is 79.9. The zero-order valence-electron chi connectivity index (χ0n) is 22.3. The number of aromatic nitrogens is 3. The van der Waals surface area contributed by atoms with E-state index in [1.807, 2.05) is 0 Å². The number of rotatable bonds is 7. The van der Waals surface area contributed by atoms with Gasteiger partial charge in [0.05, 0.1) is 36.6 Å². The first-order valence-electron chi connectivity index (χ1n) is 13.2. The number of amides is 1. The highest BCUT2D eigenvalue weighted by molar-refractivity contribution is 9.10. The van der Waals surface area contributed by atoms with Gasteiger partial charge in [-0.25, -0.2) is 13.5 Å². The molecule has 0 unspecified atom stereocenters. The van der Waals surface area contributed by atoms with E-state index in [0.29, 0.717) is 29.4 Å². The fraction of sp³-hybridized carbons (Fsp3) is 0.429. The van der Waals surface area contributed by atoms with Crippen LogP contribution in [0.4, 0.5) is 14.5 Å². The maximum atomic E-state index is 14.4. The summed E-state index contributed by atoms with van der Waals surface area (Å²) < 4.78 is 41.1. The Morgan fingerprint density at radius 1 is 1.21 bits per heavy atom. The summed E-state index contributed by atoms with van der Waals surface area (Å²) in [6, 6.07) is 7.93. The number of benzene rings is 2. The Morgan fingerprint density at radius 3 is 2.57 bits per heavy atom. The molecule has 1 aromatic heterocycles. The second-order valence-electron chi connectivity index (χ2n) is 10.3. The minimum Gasteiger partial charge on any atom is -0.394 e. The lowest BCUT2D eigenvalue weighted by molar-refractivity contribution is -0.211. The normalized spacial score (nSPS) is 27.5. The topological polar surface area (TPSA) is 154 Å². The molecule has 1 aliphatic carbocycles. The van der Waals surface area contributed by atoms with Crippen molar-refractivity contribution in [1.82, 2.24) is 15.0 Å². The van der Waals surface area contributed by atoms with Gasteiger partial charge in [-0.2, -0.15) is 5.26 Å². The number of nitriles is 1. The van der Waals surface area contributed by atoms with Gasteiger partial charge in [0.2, 0.25) is 0 Å². The molecule has 2 aliphatic rings. The third-order valence-electron chi connectivity index (χ3n) is 7.66. The van der Waals surface area contributed by atoms with Crippen molar-refractivity contribution in [3.05, 3.63) is 64.3 Å². The molecule has 3 aromatic rings. The molecule has 222 valence electrons. The van der Waals surface area contributed by atoms with Gasteiger partial charge in [0.1, 0.15) is 41.7 Å². The van der Waals surface area contributed by atoms with E-state index in [4.69, 9.17) is 9.47 Å². The second kappa shape index (κ2) is 12.5. The molecule has 5 rings (SSSR count). The van der Waals surface area contributed by atoms with Crippen LogP contribution in [-0.2, 0) is 14.3 Å². The summed E-state index contributed by atoms with van der Waals surface area (Å²) in [6.45, 7) is -0.657. The standard InChI is InChI=1S/C28H28BrF2N5O6/c1-41-26-24(35-12-20(33-34-35)15-7-17(30)10-18(31)8-15)25(39)23(13-37)42-27(26)28(40)36(21-3-2-4-22(21)38)19-6-14(11-32)5-16(29)9-19/h5-10,12,21-27,37-39H,2-4,13H2,1H3/t21-,22-,23+,24-,25-,26+,27+/m0/s1. The SMILES string of the molecule is CO[C@@H]1[C@@H](n2cc(-c3cc(F)cc(F)c3)nn2)[C@@H](O)[C@@H](CO)O[C@H]1C(=O)N(c1cc(Br)cc(C#N)c1)[C@H]1CCC[C@@H]1O. The molecule has 7 atom stereocenters. The molecular formula is C28H28BrF2N5O6. The van der Waals surface area contributed by atoms with Gasteiger partial charge >= 0.3 is 0 Å². The summed E-state index contributed by atoms with van der Waals surface area (Å²) >= 11 is 3.38. The van der Waals surface area contributed by atoms with Crippen LogP contribution >= 0.6 is 15.9 Å². The summed E-state index contributed by atoms with van der Waals surface area (Å²) in [4.78, 5) is 15.8. The molecule has 1 amide bonds. The van der Waals surface area contributed by atoms with Crippen LogP contribution in [0.5, 0.6) is 0 Å². The van der Waals surface area contributed by atoms with Gasteiger partial charge in [-0.1, -0.05) is 21.1 Å². The molecule has 1 saturated carbocycles. The summed E-state index contributed by atoms with van der Waals surface area (Å²) in [7, 11) is 1.31. The number of anilines is 1. The molecule has 0 bridgehead atoms. The van der Waals surface area contributed by atoms with Crippen LogP contribution in [0.15, 0.2) is 47.1 Å². The van der Waals surface area contributed by atoms with Gasteiger partial charge in [-0.3, -0.25) is 4.79 Å². The average Bonchev–Trinajstić information content (AvgIpc) is 3.61. The maximum Gasteiger partial charge on any atom is 0.259 e. The van der Waals surface area contributed by atoms with Crippen LogP contribution < -0.4 is 4.90 Å². The van der Waals surface area contributed by atoms with Crippen LogP contribution in [0.1, 0.15) is 30.9 Å². The van der Waals surface area contributed by atoms with Gasteiger partial charge in [0, 0.05) is 28.9 Å². The van der Waals surface area contributed by atoms with Gasteiger partial charge in [-0.15, -0.1) is 5.10 Å². The van der Waals surface area contributed by atoms with Crippen LogP contribution in [0.3, 0.4) is 0 Å². The van der Waals surface area contributed by atoms with Crippen molar-refractivity contribution in [2.45, 2.75) is 61.9 Å². The number of carbonyl (C=O) groups excluding carboxylic acids is 1. The average molecular weight is 648 g/mol. The van der Waals surface area contributed by atoms with Gasteiger partial charge in [0.15, 0.2) is 6.10 Å². The number of carbonyl (C=O) groups is 1. The van der Waals surface area contributed by atoms with Crippen molar-refractivity contribution in [2.75, 3.05) is 18.6 Å². The number of ether oxygens (including phenoxy) is 2. The first kappa shape index (κ1) is 30.1. The lowest BCUT2D eigenvalue weighted by atomic mass is 9.91. The van der Waals surface area contributed by atoms with E-state index < -0.39 is 66.8 Å². The maximum absolute atomic E-state index is 14.4. The van der Waals surface area contributed by atoms with E-state index in [2.05, 4.69) is 32.3 Å². The molecule has 11 nitrogen and oxygen atoms in total. The third kappa shape index (κ3) is 5.81. The molecule has 2 heterocycles. The zero-order chi connectivity index (χ0) is 30.1. The zero-order valence-corrected chi connectivity index (χ0v) is 23.9. The first-order valence-corrected chi connectivity index (χ1v) is 14.0. The molecule has 3 N–H and O–H groups in total. The van der Waals surface area contributed by atoms with E-state index >= 15 is 0 Å². The second-order valence-corrected chi connectivity index (χ2v) is 11.2. The molecular weight excluding hydrogens is 620 g/mol. The number of halogens is 3. The minimum absolute atomic E-state index is 0.0965. The van der Waals surface area contributed by atoms with E-state index in [0.717, 1.165) is 18.2 Å². The Balaban J connectivity index is 1.55. The Hall–Kier alpha value is -3.32. The molecule has 0 radical (unpaired) electrons. The van der Waals surface area contributed by atoms with E-state index in [-0.39, 0.29) is 16.8 Å². The highest BCUT2D eigenvalue weighted by Gasteiger charge is 2.52. The Morgan fingerprint density at radius 2 is 1.95 bits per heavy atom. The van der Waals surface area contributed by atoms with Crippen molar-refractivity contribution >= 4 is 27.5 Å². The lowest BCUT2D eigenvalue weighted by Crippen LogP contribution is -2.62. The number of hydrogen-bond donors (Lipinski definition) is 3. The Kier molecular flexibility index (Phi) is 8.97. The van der Waals surface area contributed by atoms with Crippen LogP contribution in [0, 0.1) is 23.0 Å². The summed E-state index contributed by atoms with van der Waals surface area (Å²) in [5, 5.41) is 49.7. The van der Waals surface area contributed by atoms with Crippen LogP contribution in [0.2, 0.25) is 0 Å². The number of hydrogen-bond acceptors (Lipinski definition) is 9. The predicted octanol–water partition coefficient (Wildman–Crippen LogP) is 2.48. The van der Waals surface area contributed by atoms with Crippen molar-refractivity contribution < 1.29 is 38.4 Å². The number of aliphatic hydroxyl groups excluding tert-OH is 3.